The maximum absolute atomic E-state index is 15.4. The molecule has 8 aromatic carbocycles. The van der Waals surface area contributed by atoms with Gasteiger partial charge in [-0.25, -0.2) is 52.7 Å². The van der Waals surface area contributed by atoms with Crippen molar-refractivity contribution < 1.29 is 131 Å². The van der Waals surface area contributed by atoms with E-state index in [1.807, 2.05) is 0 Å². The number of ether oxygens (including phenoxy) is 12. The van der Waals surface area contributed by atoms with Crippen LogP contribution in [-0.4, -0.2) is 96.9 Å². The minimum atomic E-state index is -1.66. The Labute approximate surface area is 699 Å². The van der Waals surface area contributed by atoms with Crippen LogP contribution in [0.3, 0.4) is 0 Å². The van der Waals surface area contributed by atoms with Gasteiger partial charge >= 0.3 is 0 Å². The number of alkyl halides is 2. The number of fused-ring (bicyclic) bond motifs is 3. The number of nitriles is 1. The molecule has 0 N–H and O–H groups in total. The molecule has 8 aromatic rings. The summed E-state index contributed by atoms with van der Waals surface area (Å²) in [5.74, 6) is -16.4. The molecule has 636 valence electrons. The fourth-order valence-corrected chi connectivity index (χ4v) is 15.2. The van der Waals surface area contributed by atoms with Gasteiger partial charge in [-0.3, -0.25) is 0 Å². The van der Waals surface area contributed by atoms with Crippen molar-refractivity contribution in [1.29, 1.82) is 5.26 Å². The van der Waals surface area contributed by atoms with Crippen LogP contribution in [0, 0.1) is 81.1 Å². The van der Waals surface area contributed by atoms with E-state index in [4.69, 9.17) is 62.1 Å². The molecule has 9 rings (SSSR count). The Bertz CT molecular complexity index is 4360. The zero-order chi connectivity index (χ0) is 84.0. The van der Waals surface area contributed by atoms with Gasteiger partial charge in [0.2, 0.25) is 23.0 Å². The molecular formula is C87H101Br3F12N2O12. The Balaban J connectivity index is 0.000000396. The van der Waals surface area contributed by atoms with Crippen LogP contribution in [0.25, 0.3) is 66.8 Å². The summed E-state index contributed by atoms with van der Waals surface area (Å²) >= 11 is 7.13. The van der Waals surface area contributed by atoms with Gasteiger partial charge in [0.15, 0.2) is 116 Å². The second-order valence-electron chi connectivity index (χ2n) is 25.4. The average Bonchev–Trinajstić information content (AvgIpc) is 1.35. The first kappa shape index (κ1) is 98.0. The molecule has 14 nitrogen and oxygen atoms in total. The van der Waals surface area contributed by atoms with Gasteiger partial charge < -0.3 is 78.3 Å². The van der Waals surface area contributed by atoms with Gasteiger partial charge in [0, 0.05) is 73.2 Å². The van der Waals surface area contributed by atoms with Gasteiger partial charge in [0.25, 0.3) is 0 Å². The smallest absolute Gasteiger partial charge is 0.204 e. The van der Waals surface area contributed by atoms with Crippen molar-refractivity contribution in [3.05, 3.63) is 141 Å². The number of nitrogens with zero attached hydrogens (tertiary/aromatic N) is 2. The van der Waals surface area contributed by atoms with E-state index in [0.717, 1.165) is 74.2 Å². The van der Waals surface area contributed by atoms with E-state index in [-0.39, 0.29) is 252 Å². The summed E-state index contributed by atoms with van der Waals surface area (Å²) in [6.07, 6.45) is 3.17. The third kappa shape index (κ3) is 20.7. The second kappa shape index (κ2) is 45.9. The molecule has 1 heterocycles. The number of hydrogen-bond donors (Lipinski definition) is 0. The van der Waals surface area contributed by atoms with Gasteiger partial charge in [0.05, 0.1) is 98.4 Å². The summed E-state index contributed by atoms with van der Waals surface area (Å²) in [6, 6.07) is 8.88. The van der Waals surface area contributed by atoms with Crippen molar-refractivity contribution in [3.63, 3.8) is 0 Å². The Hall–Kier alpha value is -8.59. The van der Waals surface area contributed by atoms with Crippen LogP contribution < -0.4 is 73.8 Å². The van der Waals surface area contributed by atoms with Crippen LogP contribution in [0.4, 0.5) is 52.7 Å². The van der Waals surface area contributed by atoms with Crippen LogP contribution in [0.15, 0.2) is 48.5 Å². The lowest BCUT2D eigenvalue weighted by atomic mass is 9.84. The molecule has 0 amide bonds. The quantitative estimate of drug-likeness (QED) is 0.0158. The molecule has 0 radical (unpaired) electrons. The molecule has 0 aliphatic carbocycles. The van der Waals surface area contributed by atoms with Gasteiger partial charge in [-0.2, -0.15) is 5.26 Å². The molecule has 29 heteroatoms. The minimum absolute atomic E-state index is 0. The van der Waals surface area contributed by atoms with Crippen molar-refractivity contribution >= 4 is 31.9 Å². The van der Waals surface area contributed by atoms with E-state index in [9.17, 15) is 35.1 Å². The normalized spacial score (nSPS) is 11.7. The van der Waals surface area contributed by atoms with Crippen LogP contribution in [-0.2, 0) is 23.7 Å². The molecule has 0 spiro atoms. The van der Waals surface area contributed by atoms with E-state index in [1.54, 1.807) is 89.2 Å². The monoisotopic (exact) mass is 1830 g/mol. The fraction of sp³-hybridized carbons (Fsp3) is 0.437. The number of benzene rings is 8. The number of rotatable bonds is 37. The predicted molar refractivity (Wildman–Crippen MR) is 430 cm³/mol. The molecule has 0 saturated heterocycles. The summed E-state index contributed by atoms with van der Waals surface area (Å²) in [5, 5.41) is 7.30. The van der Waals surface area contributed by atoms with E-state index < -0.39 is 69.8 Å². The predicted octanol–water partition coefficient (Wildman–Crippen LogP) is 22.2. The van der Waals surface area contributed by atoms with Gasteiger partial charge in [-0.15, -0.1) is 0 Å². The highest BCUT2D eigenvalue weighted by atomic mass is 79.9. The standard InChI is InChI=1S/C46H56F6NO6.C38H38Br2F6O6.C2H3N.CH4.BrH/c1-9-17-19-53(20-18-10-2)25-29-35(27-21-31(47)39(51)32(48)22-27)41(54-11-3)45(58-15-7)43(56-13-5)37(29)38-30(26-53)36(28-23-33(49)40(52)34(50)24-28)42(55-12-4)46(59-16-8)44(38)57-14-6;1-7-47-33-27(19-13-23(41)31(45)24(42)14-19)21(17-39)29(35(49-9-3)37(33)51-11-5)30-22(18-40)28(20-15-25(43)32(46)26(44)16-20)34(48-8-2)38(52-12-6)36(30)50-10-4;1-2-3;;/h21-24H,9-20,25-26H2,1-8H3;13-16H,7-12,17-18H2,1-6H3;1H3;1H4;1H/q+1;;;;/p-1. The summed E-state index contributed by atoms with van der Waals surface area (Å²) < 4.78 is 256. The third-order valence-corrected chi connectivity index (χ3v) is 19.3. The second-order valence-corrected chi connectivity index (χ2v) is 26.5. The zero-order valence-corrected chi connectivity index (χ0v) is 71.9. The first-order chi connectivity index (χ1) is 54.8. The molecular weight excluding hydrogens is 1730 g/mol. The van der Waals surface area contributed by atoms with Crippen molar-refractivity contribution in [3.8, 4) is 142 Å². The summed E-state index contributed by atoms with van der Waals surface area (Å²) in [4.78, 5) is 0. The van der Waals surface area contributed by atoms with E-state index >= 15 is 17.6 Å². The lowest BCUT2D eigenvalue weighted by molar-refractivity contribution is -0.953. The Morgan fingerprint density at radius 3 is 0.664 bits per heavy atom. The van der Waals surface area contributed by atoms with Crippen LogP contribution in [0.1, 0.15) is 159 Å². The zero-order valence-electron chi connectivity index (χ0n) is 67.1. The van der Waals surface area contributed by atoms with Crippen molar-refractivity contribution in [1.82, 2.24) is 0 Å². The number of quaternary nitrogens is 1. The molecule has 0 saturated carbocycles. The van der Waals surface area contributed by atoms with E-state index in [0.29, 0.717) is 51.0 Å². The van der Waals surface area contributed by atoms with Gasteiger partial charge in [-0.1, -0.05) is 66.0 Å². The molecule has 116 heavy (non-hydrogen) atoms. The molecule has 0 atom stereocenters. The van der Waals surface area contributed by atoms with E-state index in [2.05, 4.69) is 45.7 Å². The molecule has 0 aromatic heterocycles. The summed E-state index contributed by atoms with van der Waals surface area (Å²) in [5.41, 5.74) is 3.65. The molecule has 0 unspecified atom stereocenters. The number of halogens is 15. The SMILES string of the molecule is C.CC#N.CCCC[N+]1(CCCC)Cc2c(-c3cc(F)c(F)c(F)c3)c(OCC)c(OCC)c(OCC)c2-c2c(c(-c3cc(F)c(F)c(F)c3)c(OCC)c(OCC)c2OCC)C1.CCOc1c(OCC)c(-c2cc(F)c(F)c(F)c2)c(CBr)c(-c2c(CBr)c(-c3cc(F)c(F)c(F)c3)c(OCC)c(OCC)c2OCC)c1OCC.[Br-]. The first-order valence-corrected chi connectivity index (χ1v) is 40.4. The highest BCUT2D eigenvalue weighted by Gasteiger charge is 2.45. The highest BCUT2D eigenvalue weighted by molar-refractivity contribution is 9.08. The highest BCUT2D eigenvalue weighted by Crippen LogP contribution is 2.65. The van der Waals surface area contributed by atoms with Crippen molar-refractivity contribution in [2.45, 2.75) is 161 Å². The molecule has 1 aliphatic heterocycles. The third-order valence-electron chi connectivity index (χ3n) is 18.2. The Kier molecular flexibility index (Phi) is 38.8. The molecule has 0 bridgehead atoms. The topological polar surface area (TPSA) is 135 Å². The van der Waals surface area contributed by atoms with Gasteiger partial charge in [-0.05, 0) is 178 Å². The lowest BCUT2D eigenvalue weighted by Gasteiger charge is -2.39. The van der Waals surface area contributed by atoms with E-state index in [1.165, 1.54) is 6.92 Å². The number of unbranched alkanes of at least 4 members (excludes halogenated alkanes) is 2. The first-order valence-electron chi connectivity index (χ1n) is 38.1. The lowest BCUT2D eigenvalue weighted by Crippen LogP contribution is -3.00. The number of hydrogen-bond acceptors (Lipinski definition) is 13. The Morgan fingerprint density at radius 1 is 0.302 bits per heavy atom. The largest absolute Gasteiger partial charge is 1.00 e. The molecule has 1 aliphatic rings. The van der Waals surface area contributed by atoms with Crippen LogP contribution in [0.2, 0.25) is 0 Å². The minimum Gasteiger partial charge on any atom is -1.00 e. The van der Waals surface area contributed by atoms with Crippen molar-refractivity contribution in [2.75, 3.05) is 92.4 Å². The van der Waals surface area contributed by atoms with Crippen LogP contribution in [0.5, 0.6) is 69.0 Å². The van der Waals surface area contributed by atoms with Crippen molar-refractivity contribution in [2.24, 2.45) is 0 Å². The summed E-state index contributed by atoms with van der Waals surface area (Å²) in [7, 11) is 0. The Morgan fingerprint density at radius 2 is 0.474 bits per heavy atom. The summed E-state index contributed by atoms with van der Waals surface area (Å²) in [6.45, 7) is 29.6. The maximum atomic E-state index is 15.4. The van der Waals surface area contributed by atoms with Gasteiger partial charge in [0.1, 0.15) is 13.1 Å². The maximum Gasteiger partial charge on any atom is 0.204 e. The molecule has 0 fully saturated rings. The average molecular weight is 1830 g/mol. The fourth-order valence-electron chi connectivity index (χ4n) is 14.1. The van der Waals surface area contributed by atoms with Crippen LogP contribution >= 0.6 is 31.9 Å².